The first-order valence-electron chi connectivity index (χ1n) is 12.2. The van der Waals surface area contributed by atoms with Crippen molar-refractivity contribution in [1.82, 2.24) is 15.3 Å². The third kappa shape index (κ3) is 4.69. The number of carbonyl (C=O) groups excluding carboxylic acids is 1. The molecule has 2 aliphatic rings. The molecule has 1 aromatic heterocycles. The highest BCUT2D eigenvalue weighted by atomic mass is 32.2. The highest BCUT2D eigenvalue weighted by Crippen LogP contribution is 2.55. The van der Waals surface area contributed by atoms with Gasteiger partial charge in [0.25, 0.3) is 0 Å². The second-order valence-electron chi connectivity index (χ2n) is 9.41. The summed E-state index contributed by atoms with van der Waals surface area (Å²) in [5, 5.41) is 5.16. The van der Waals surface area contributed by atoms with Crippen LogP contribution in [-0.4, -0.2) is 57.3 Å². The van der Waals surface area contributed by atoms with Gasteiger partial charge in [-0.15, -0.1) is 0 Å². The Bertz CT molecular complexity index is 1480. The quantitative estimate of drug-likeness (QED) is 0.454. The summed E-state index contributed by atoms with van der Waals surface area (Å²) in [4.78, 5) is 22.8. The number of benzene rings is 2. The molecule has 2 heterocycles. The van der Waals surface area contributed by atoms with E-state index in [2.05, 4.69) is 15.6 Å². The summed E-state index contributed by atoms with van der Waals surface area (Å²) in [7, 11) is -2.58. The molecule has 0 spiro atoms. The van der Waals surface area contributed by atoms with Crippen molar-refractivity contribution in [3.05, 3.63) is 65.9 Å². The normalized spacial score (nSPS) is 18.6. The molecule has 9 nitrogen and oxygen atoms in total. The topological polar surface area (TPSA) is 114 Å². The number of amides is 2. The molecular weight excluding hydrogens is 516 g/mol. The SMILES string of the molecule is CNC(=O)Nc1ccc(-c2nc(N3CCOC[C@@H]3C)cc(C3(S(=O)(=O)c4ccc(F)c(F)c4)CC3)n2)cc1. The monoisotopic (exact) mass is 543 g/mol. The largest absolute Gasteiger partial charge is 0.377 e. The van der Waals surface area contributed by atoms with Gasteiger partial charge in [0.15, 0.2) is 27.3 Å². The molecular formula is C26H27F2N5O4S. The number of anilines is 2. The van der Waals surface area contributed by atoms with E-state index in [9.17, 15) is 22.0 Å². The molecule has 2 amide bonds. The van der Waals surface area contributed by atoms with E-state index in [-0.39, 0.29) is 29.8 Å². The van der Waals surface area contributed by atoms with Gasteiger partial charge in [-0.1, -0.05) is 0 Å². The number of morpholine rings is 1. The van der Waals surface area contributed by atoms with Crippen LogP contribution in [0.25, 0.3) is 11.4 Å². The molecule has 1 atom stereocenters. The Morgan fingerprint density at radius 1 is 1.08 bits per heavy atom. The van der Waals surface area contributed by atoms with Crippen LogP contribution in [0, 0.1) is 11.6 Å². The summed E-state index contributed by atoms with van der Waals surface area (Å²) < 4.78 is 59.2. The minimum Gasteiger partial charge on any atom is -0.377 e. The van der Waals surface area contributed by atoms with Gasteiger partial charge in [-0.05, 0) is 62.2 Å². The van der Waals surface area contributed by atoms with Crippen molar-refractivity contribution < 1.29 is 26.7 Å². The van der Waals surface area contributed by atoms with Crippen molar-refractivity contribution in [3.63, 3.8) is 0 Å². The number of hydrogen-bond donors (Lipinski definition) is 2. The summed E-state index contributed by atoms with van der Waals surface area (Å²) in [5.74, 6) is -1.47. The van der Waals surface area contributed by atoms with Crippen LogP contribution < -0.4 is 15.5 Å². The molecule has 3 aromatic rings. The molecule has 200 valence electrons. The Morgan fingerprint density at radius 3 is 2.45 bits per heavy atom. The van der Waals surface area contributed by atoms with Gasteiger partial charge >= 0.3 is 6.03 Å². The lowest BCUT2D eigenvalue weighted by Gasteiger charge is -2.34. The maximum Gasteiger partial charge on any atom is 0.318 e. The molecule has 0 unspecified atom stereocenters. The fourth-order valence-corrected chi connectivity index (χ4v) is 6.53. The average Bonchev–Trinajstić information content (AvgIpc) is 3.73. The highest BCUT2D eigenvalue weighted by molar-refractivity contribution is 7.92. The first kappa shape index (κ1) is 26.0. The maximum atomic E-state index is 14.0. The molecule has 0 bridgehead atoms. The maximum absolute atomic E-state index is 14.0. The first-order valence-corrected chi connectivity index (χ1v) is 13.7. The van der Waals surface area contributed by atoms with E-state index in [1.165, 1.54) is 7.05 Å². The molecule has 5 rings (SSSR count). The molecule has 2 N–H and O–H groups in total. The Hall–Kier alpha value is -3.64. The lowest BCUT2D eigenvalue weighted by atomic mass is 10.1. The fourth-order valence-electron chi connectivity index (χ4n) is 4.55. The number of nitrogens with one attached hydrogen (secondary N) is 2. The number of rotatable bonds is 6. The Balaban J connectivity index is 1.60. The summed E-state index contributed by atoms with van der Waals surface area (Å²) in [6.07, 6.45) is 0.579. The molecule has 0 radical (unpaired) electrons. The Kier molecular flexibility index (Phi) is 6.78. The predicted octanol–water partition coefficient (Wildman–Crippen LogP) is 3.86. The van der Waals surface area contributed by atoms with E-state index in [0.717, 1.165) is 18.2 Å². The number of urea groups is 1. The van der Waals surface area contributed by atoms with E-state index in [1.807, 2.05) is 11.8 Å². The van der Waals surface area contributed by atoms with Crippen molar-refractivity contribution in [3.8, 4) is 11.4 Å². The number of hydrogen-bond acceptors (Lipinski definition) is 7. The van der Waals surface area contributed by atoms with Crippen LogP contribution in [0.1, 0.15) is 25.5 Å². The average molecular weight is 544 g/mol. The van der Waals surface area contributed by atoms with Crippen molar-refractivity contribution in [2.24, 2.45) is 0 Å². The highest BCUT2D eigenvalue weighted by Gasteiger charge is 2.58. The van der Waals surface area contributed by atoms with Gasteiger partial charge in [-0.3, -0.25) is 0 Å². The summed E-state index contributed by atoms with van der Waals surface area (Å²) >= 11 is 0. The van der Waals surface area contributed by atoms with E-state index < -0.39 is 26.2 Å². The zero-order valence-corrected chi connectivity index (χ0v) is 21.7. The van der Waals surface area contributed by atoms with Crippen molar-refractivity contribution in [1.29, 1.82) is 0 Å². The zero-order chi connectivity index (χ0) is 27.1. The van der Waals surface area contributed by atoms with Gasteiger partial charge in [0, 0.05) is 30.9 Å². The molecule has 2 aromatic carbocycles. The number of sulfone groups is 1. The minimum absolute atomic E-state index is 0.00330. The number of ether oxygens (including phenoxy) is 1. The molecule has 38 heavy (non-hydrogen) atoms. The van der Waals surface area contributed by atoms with E-state index in [1.54, 1.807) is 30.3 Å². The molecule has 1 aliphatic heterocycles. The second kappa shape index (κ2) is 9.91. The van der Waals surface area contributed by atoms with Crippen molar-refractivity contribution in [2.75, 3.05) is 37.0 Å². The number of carbonyl (C=O) groups is 1. The summed E-state index contributed by atoms with van der Waals surface area (Å²) in [6, 6.07) is 10.8. The number of nitrogens with zero attached hydrogens (tertiary/aromatic N) is 3. The van der Waals surface area contributed by atoms with Gasteiger partial charge in [0.05, 0.1) is 29.8 Å². The predicted molar refractivity (Wildman–Crippen MR) is 138 cm³/mol. The Morgan fingerprint density at radius 2 is 1.82 bits per heavy atom. The van der Waals surface area contributed by atoms with Crippen molar-refractivity contribution >= 4 is 27.4 Å². The minimum atomic E-state index is -4.10. The van der Waals surface area contributed by atoms with Crippen LogP contribution in [-0.2, 0) is 19.3 Å². The zero-order valence-electron chi connectivity index (χ0n) is 20.9. The molecule has 1 saturated heterocycles. The van der Waals surface area contributed by atoms with Crippen LogP contribution in [0.5, 0.6) is 0 Å². The Labute approximate surface area is 219 Å². The third-order valence-corrected chi connectivity index (χ3v) is 9.41. The van der Waals surface area contributed by atoms with Crippen LogP contribution in [0.15, 0.2) is 53.4 Å². The van der Waals surface area contributed by atoms with Gasteiger partial charge in [-0.2, -0.15) is 0 Å². The molecule has 1 saturated carbocycles. The standard InChI is InChI=1S/C26H27F2N5O4S/c1-16-15-37-12-11-33(16)23-14-22(26(9-10-26)38(35,36)19-7-8-20(27)21(28)13-19)31-24(32-23)17-3-5-18(6-4-17)30-25(34)29-2/h3-8,13-14,16H,9-12,15H2,1-2H3,(H2,29,30,34)/t16-/m0/s1. The van der Waals surface area contributed by atoms with Gasteiger partial charge in [-0.25, -0.2) is 32.0 Å². The van der Waals surface area contributed by atoms with Crippen LogP contribution in [0.2, 0.25) is 0 Å². The van der Waals surface area contributed by atoms with Crippen LogP contribution in [0.4, 0.5) is 25.1 Å². The van der Waals surface area contributed by atoms with E-state index in [4.69, 9.17) is 9.72 Å². The van der Waals surface area contributed by atoms with Gasteiger partial charge < -0.3 is 20.3 Å². The molecule has 1 aliphatic carbocycles. The summed E-state index contributed by atoms with van der Waals surface area (Å²) in [6.45, 7) is 3.55. The smallest absolute Gasteiger partial charge is 0.318 e. The van der Waals surface area contributed by atoms with Crippen LogP contribution in [0.3, 0.4) is 0 Å². The van der Waals surface area contributed by atoms with Crippen LogP contribution >= 0.6 is 0 Å². The molecule has 2 fully saturated rings. The van der Waals surface area contributed by atoms with Crippen molar-refractivity contribution in [2.45, 2.75) is 35.4 Å². The fraction of sp³-hybridized carbons (Fsp3) is 0.346. The van der Waals surface area contributed by atoms with Gasteiger partial charge in [0.2, 0.25) is 0 Å². The number of halogens is 2. The second-order valence-corrected chi connectivity index (χ2v) is 11.7. The van der Waals surface area contributed by atoms with E-state index >= 15 is 0 Å². The lowest BCUT2D eigenvalue weighted by molar-refractivity contribution is 0.0985. The van der Waals surface area contributed by atoms with Gasteiger partial charge in [0.1, 0.15) is 10.6 Å². The third-order valence-electron chi connectivity index (χ3n) is 6.89. The summed E-state index contributed by atoms with van der Waals surface area (Å²) in [5.41, 5.74) is 1.48. The number of aromatic nitrogens is 2. The molecule has 12 heteroatoms. The lowest BCUT2D eigenvalue weighted by Crippen LogP contribution is -2.44. The van der Waals surface area contributed by atoms with E-state index in [0.29, 0.717) is 48.3 Å². The first-order chi connectivity index (χ1) is 18.1.